The van der Waals surface area contributed by atoms with Crippen molar-refractivity contribution in [2.24, 2.45) is 0 Å². The molecule has 0 heterocycles. The third-order valence-electron chi connectivity index (χ3n) is 2.61. The van der Waals surface area contributed by atoms with Gasteiger partial charge in [0.25, 0.3) is 0 Å². The molecule has 0 bridgehead atoms. The zero-order valence-corrected chi connectivity index (χ0v) is 13.0. The minimum atomic E-state index is -3.60. The van der Waals surface area contributed by atoms with Crippen molar-refractivity contribution in [3.63, 3.8) is 0 Å². The molecule has 0 unspecified atom stereocenters. The van der Waals surface area contributed by atoms with Crippen molar-refractivity contribution < 1.29 is 16.8 Å². The van der Waals surface area contributed by atoms with E-state index in [1.54, 1.807) is 7.05 Å². The van der Waals surface area contributed by atoms with Crippen molar-refractivity contribution in [3.8, 4) is 0 Å². The van der Waals surface area contributed by atoms with E-state index in [-0.39, 0.29) is 9.79 Å². The maximum absolute atomic E-state index is 11.9. The highest BCUT2D eigenvalue weighted by molar-refractivity contribution is 7.90. The fourth-order valence-electron chi connectivity index (χ4n) is 1.47. The summed E-state index contributed by atoms with van der Waals surface area (Å²) in [7, 11) is -4.08. The first kappa shape index (κ1) is 17.1. The van der Waals surface area contributed by atoms with Gasteiger partial charge in [-0.05, 0) is 51.3 Å². The molecule has 0 aliphatic rings. The smallest absolute Gasteiger partial charge is 0.240 e. The van der Waals surface area contributed by atoms with E-state index in [1.165, 1.54) is 31.3 Å². The standard InChI is InChI=1S/C11H19N3O4S2/c1-12-8-3-9-14-20(17,18)11-6-4-10(5-7-11)19(15,16)13-2/h4-7,12-14H,3,8-9H2,1-2H3. The van der Waals surface area contributed by atoms with Crippen molar-refractivity contribution in [2.45, 2.75) is 16.2 Å². The van der Waals surface area contributed by atoms with Gasteiger partial charge in [-0.1, -0.05) is 0 Å². The molecule has 1 aromatic carbocycles. The van der Waals surface area contributed by atoms with Gasteiger partial charge in [-0.3, -0.25) is 0 Å². The average Bonchev–Trinajstić information content (AvgIpc) is 2.44. The maximum atomic E-state index is 11.9. The minimum Gasteiger partial charge on any atom is -0.320 e. The van der Waals surface area contributed by atoms with Crippen LogP contribution < -0.4 is 14.8 Å². The highest BCUT2D eigenvalue weighted by Gasteiger charge is 2.16. The van der Waals surface area contributed by atoms with Crippen LogP contribution in [0.3, 0.4) is 0 Å². The topological polar surface area (TPSA) is 104 Å². The molecule has 9 heteroatoms. The van der Waals surface area contributed by atoms with Crippen LogP contribution in [0.2, 0.25) is 0 Å². The van der Waals surface area contributed by atoms with E-state index < -0.39 is 20.0 Å². The van der Waals surface area contributed by atoms with Crippen LogP contribution >= 0.6 is 0 Å². The fourth-order valence-corrected chi connectivity index (χ4v) is 3.28. The van der Waals surface area contributed by atoms with Crippen LogP contribution in [0.25, 0.3) is 0 Å². The van der Waals surface area contributed by atoms with Gasteiger partial charge in [0.1, 0.15) is 0 Å². The predicted octanol–water partition coefficient (Wildman–Crippen LogP) is -0.517. The second-order valence-electron chi connectivity index (χ2n) is 4.03. The van der Waals surface area contributed by atoms with Crippen LogP contribution in [0.4, 0.5) is 0 Å². The number of sulfonamides is 2. The van der Waals surface area contributed by atoms with Gasteiger partial charge in [-0.15, -0.1) is 0 Å². The third kappa shape index (κ3) is 4.53. The summed E-state index contributed by atoms with van der Waals surface area (Å²) in [6, 6.07) is 5.05. The molecule has 0 saturated carbocycles. The van der Waals surface area contributed by atoms with Gasteiger partial charge >= 0.3 is 0 Å². The van der Waals surface area contributed by atoms with E-state index in [9.17, 15) is 16.8 Å². The third-order valence-corrected chi connectivity index (χ3v) is 5.52. The zero-order chi connectivity index (χ0) is 15.2. The summed E-state index contributed by atoms with van der Waals surface area (Å²) in [6.45, 7) is 1.03. The Morgan fingerprint density at radius 1 is 0.850 bits per heavy atom. The average molecular weight is 321 g/mol. The van der Waals surface area contributed by atoms with Gasteiger partial charge in [-0.2, -0.15) is 0 Å². The molecule has 0 radical (unpaired) electrons. The van der Waals surface area contributed by atoms with E-state index in [1.807, 2.05) is 0 Å². The summed E-state index contributed by atoms with van der Waals surface area (Å²) in [4.78, 5) is 0.0612. The lowest BCUT2D eigenvalue weighted by Crippen LogP contribution is -2.27. The molecule has 0 saturated heterocycles. The van der Waals surface area contributed by atoms with Gasteiger partial charge in [0.15, 0.2) is 0 Å². The Morgan fingerprint density at radius 2 is 1.35 bits per heavy atom. The summed E-state index contributed by atoms with van der Waals surface area (Å²) in [5.74, 6) is 0. The van der Waals surface area contributed by atoms with Crippen molar-refractivity contribution in [1.29, 1.82) is 0 Å². The highest BCUT2D eigenvalue weighted by Crippen LogP contribution is 2.13. The van der Waals surface area contributed by atoms with Crippen LogP contribution in [-0.2, 0) is 20.0 Å². The van der Waals surface area contributed by atoms with E-state index in [0.29, 0.717) is 19.5 Å². The molecule has 7 nitrogen and oxygen atoms in total. The summed E-state index contributed by atoms with van der Waals surface area (Å²) in [6.07, 6.45) is 0.669. The number of benzene rings is 1. The Labute approximate surface area is 119 Å². The van der Waals surface area contributed by atoms with Crippen molar-refractivity contribution in [1.82, 2.24) is 14.8 Å². The number of hydrogen-bond donors (Lipinski definition) is 3. The summed E-state index contributed by atoms with van der Waals surface area (Å²) >= 11 is 0. The molecule has 0 aliphatic carbocycles. The summed E-state index contributed by atoms with van der Waals surface area (Å²) in [5, 5.41) is 2.92. The highest BCUT2D eigenvalue weighted by atomic mass is 32.2. The Bertz CT molecular complexity index is 624. The second-order valence-corrected chi connectivity index (χ2v) is 7.69. The molecule has 0 amide bonds. The van der Waals surface area contributed by atoms with Crippen LogP contribution in [0.1, 0.15) is 6.42 Å². The SMILES string of the molecule is CNCCCNS(=O)(=O)c1ccc(S(=O)(=O)NC)cc1. The second kappa shape index (κ2) is 7.14. The molecule has 0 aromatic heterocycles. The summed E-state index contributed by atoms with van der Waals surface area (Å²) < 4.78 is 51.5. The van der Waals surface area contributed by atoms with Gasteiger partial charge in [0, 0.05) is 6.54 Å². The van der Waals surface area contributed by atoms with Gasteiger partial charge in [-0.25, -0.2) is 26.3 Å². The van der Waals surface area contributed by atoms with Crippen molar-refractivity contribution in [2.75, 3.05) is 27.2 Å². The maximum Gasteiger partial charge on any atom is 0.240 e. The van der Waals surface area contributed by atoms with E-state index >= 15 is 0 Å². The largest absolute Gasteiger partial charge is 0.320 e. The molecule has 1 rings (SSSR count). The van der Waals surface area contributed by atoms with Crippen LogP contribution in [0.15, 0.2) is 34.1 Å². The van der Waals surface area contributed by atoms with Crippen LogP contribution in [0.5, 0.6) is 0 Å². The molecule has 114 valence electrons. The van der Waals surface area contributed by atoms with E-state index in [2.05, 4.69) is 14.8 Å². The molecule has 3 N–H and O–H groups in total. The van der Waals surface area contributed by atoms with E-state index in [4.69, 9.17) is 0 Å². The molecular formula is C11H19N3O4S2. The Hall–Kier alpha value is -1.00. The van der Waals surface area contributed by atoms with Crippen LogP contribution in [0, 0.1) is 0 Å². The first-order chi connectivity index (χ1) is 9.33. The molecule has 20 heavy (non-hydrogen) atoms. The molecule has 1 aromatic rings. The van der Waals surface area contributed by atoms with Crippen molar-refractivity contribution in [3.05, 3.63) is 24.3 Å². The quantitative estimate of drug-likeness (QED) is 0.559. The first-order valence-corrected chi connectivity index (χ1v) is 8.98. The normalized spacial score (nSPS) is 12.5. The molecule has 0 fully saturated rings. The Balaban J connectivity index is 2.82. The lowest BCUT2D eigenvalue weighted by Gasteiger charge is -2.07. The number of nitrogens with one attached hydrogen (secondary N) is 3. The lowest BCUT2D eigenvalue weighted by atomic mass is 10.4. The van der Waals surface area contributed by atoms with Crippen molar-refractivity contribution >= 4 is 20.0 Å². The molecule has 0 aliphatic heterocycles. The van der Waals surface area contributed by atoms with Gasteiger partial charge in [0.05, 0.1) is 9.79 Å². The molecular weight excluding hydrogens is 302 g/mol. The Kier molecular flexibility index (Phi) is 6.08. The van der Waals surface area contributed by atoms with Gasteiger partial charge < -0.3 is 5.32 Å². The zero-order valence-electron chi connectivity index (χ0n) is 11.4. The monoisotopic (exact) mass is 321 g/mol. The van der Waals surface area contributed by atoms with Crippen LogP contribution in [-0.4, -0.2) is 44.0 Å². The number of hydrogen-bond acceptors (Lipinski definition) is 5. The first-order valence-electron chi connectivity index (χ1n) is 6.01. The minimum absolute atomic E-state index is 0.0223. The number of rotatable bonds is 8. The fraction of sp³-hybridized carbons (Fsp3) is 0.455. The molecule has 0 atom stereocenters. The lowest BCUT2D eigenvalue weighted by molar-refractivity contribution is 0.576. The predicted molar refractivity (Wildman–Crippen MR) is 76.4 cm³/mol. The summed E-state index contributed by atoms with van der Waals surface area (Å²) in [5.41, 5.74) is 0. The molecule has 0 spiro atoms. The Morgan fingerprint density at radius 3 is 1.80 bits per heavy atom. The van der Waals surface area contributed by atoms with E-state index in [0.717, 1.165) is 0 Å². The van der Waals surface area contributed by atoms with Gasteiger partial charge in [0.2, 0.25) is 20.0 Å².